The van der Waals surface area contributed by atoms with Crippen LogP contribution in [0, 0.1) is 0 Å². The molecule has 0 spiro atoms. The summed E-state index contributed by atoms with van der Waals surface area (Å²) < 4.78 is 0. The van der Waals surface area contributed by atoms with E-state index in [-0.39, 0.29) is 0 Å². The van der Waals surface area contributed by atoms with Gasteiger partial charge in [0.25, 0.3) is 0 Å². The van der Waals surface area contributed by atoms with Crippen LogP contribution in [0.5, 0.6) is 0 Å². The highest BCUT2D eigenvalue weighted by Gasteiger charge is 2.20. The second kappa shape index (κ2) is 4.12. The van der Waals surface area contributed by atoms with Gasteiger partial charge in [0.15, 0.2) is 7.98 Å². The minimum Gasteiger partial charge on any atom is -0.346 e. The van der Waals surface area contributed by atoms with Crippen molar-refractivity contribution in [1.82, 2.24) is 10.1 Å². The molecule has 0 aromatic rings. The van der Waals surface area contributed by atoms with Gasteiger partial charge in [0.05, 0.1) is 0 Å². The van der Waals surface area contributed by atoms with Crippen LogP contribution >= 0.6 is 0 Å². The second-order valence-corrected chi connectivity index (χ2v) is 3.60. The van der Waals surface area contributed by atoms with Crippen LogP contribution in [0.4, 0.5) is 0 Å². The van der Waals surface area contributed by atoms with Crippen molar-refractivity contribution < 1.29 is 0 Å². The van der Waals surface area contributed by atoms with Gasteiger partial charge in [0.2, 0.25) is 0 Å². The average Bonchev–Trinajstić information content (AvgIpc) is 2.03. The van der Waals surface area contributed by atoms with Gasteiger partial charge in [0, 0.05) is 25.2 Å². The Hall–Kier alpha value is -0.0151. The highest BCUT2D eigenvalue weighted by molar-refractivity contribution is 6.04. The summed E-state index contributed by atoms with van der Waals surface area (Å²) in [7, 11) is 2.21. The zero-order valence-electron chi connectivity index (χ0n) is 7.93. The molecule has 1 fully saturated rings. The lowest BCUT2D eigenvalue weighted by atomic mass is 10.0. The van der Waals surface area contributed by atoms with E-state index in [9.17, 15) is 0 Å². The van der Waals surface area contributed by atoms with Crippen molar-refractivity contribution in [3.63, 3.8) is 0 Å². The minimum absolute atomic E-state index is 0.721. The Kier molecular flexibility index (Phi) is 3.40. The molecule has 64 valence electrons. The summed E-state index contributed by atoms with van der Waals surface area (Å²) in [6, 6.07) is 1.44. The van der Waals surface area contributed by atoms with Gasteiger partial charge in [-0.05, 0) is 12.8 Å². The zero-order valence-corrected chi connectivity index (χ0v) is 7.93. The van der Waals surface area contributed by atoms with Crippen LogP contribution in [0.2, 0.25) is 0 Å². The van der Waals surface area contributed by atoms with Gasteiger partial charge < -0.3 is 10.1 Å². The lowest BCUT2D eigenvalue weighted by molar-refractivity contribution is 0.241. The van der Waals surface area contributed by atoms with Gasteiger partial charge in [-0.1, -0.05) is 13.8 Å². The summed E-state index contributed by atoms with van der Waals surface area (Å²) in [5, 5.41) is 3.64. The number of piperazine rings is 1. The van der Waals surface area contributed by atoms with Gasteiger partial charge in [0.1, 0.15) is 0 Å². The number of nitrogens with zero attached hydrogens (tertiary/aromatic N) is 1. The maximum absolute atomic E-state index is 3.64. The van der Waals surface area contributed by atoms with Gasteiger partial charge in [-0.15, -0.1) is 0 Å². The fourth-order valence-electron chi connectivity index (χ4n) is 1.76. The normalized spacial score (nSPS) is 34.0. The Morgan fingerprint density at radius 2 is 1.73 bits per heavy atom. The topological polar surface area (TPSA) is 15.3 Å². The van der Waals surface area contributed by atoms with Gasteiger partial charge in [-0.3, -0.25) is 0 Å². The van der Waals surface area contributed by atoms with Crippen LogP contribution in [0.25, 0.3) is 0 Å². The molecule has 0 aromatic heterocycles. The number of hydrogen-bond acceptors (Lipinski definition) is 2. The van der Waals surface area contributed by atoms with E-state index in [0.717, 1.165) is 12.1 Å². The standard InChI is InChI=1S/C8H19BN2/c1-3-7-5-11(9)6-8(4-2)10-7/h7-8,10H,3-6,9H2,1-2H3/t7-,8+. The van der Waals surface area contributed by atoms with Crippen LogP contribution in [-0.2, 0) is 0 Å². The Balaban J connectivity index is 2.37. The highest BCUT2D eigenvalue weighted by Crippen LogP contribution is 2.06. The van der Waals surface area contributed by atoms with Crippen LogP contribution < -0.4 is 5.32 Å². The third-order valence-electron chi connectivity index (χ3n) is 2.52. The SMILES string of the molecule is BN1C[C@@H](CC)N[C@@H](CC)C1. The van der Waals surface area contributed by atoms with Crippen LogP contribution in [0.1, 0.15) is 26.7 Å². The van der Waals surface area contributed by atoms with Crippen LogP contribution in [0.15, 0.2) is 0 Å². The predicted octanol–water partition coefficient (Wildman–Crippen LogP) is -0.00310. The van der Waals surface area contributed by atoms with Crippen molar-refractivity contribution in [2.45, 2.75) is 38.8 Å². The van der Waals surface area contributed by atoms with E-state index < -0.39 is 0 Å². The van der Waals surface area contributed by atoms with Crippen LogP contribution in [0.3, 0.4) is 0 Å². The van der Waals surface area contributed by atoms with Crippen molar-refractivity contribution in [3.05, 3.63) is 0 Å². The summed E-state index contributed by atoms with van der Waals surface area (Å²) in [5.74, 6) is 0. The van der Waals surface area contributed by atoms with Gasteiger partial charge in [-0.25, -0.2) is 0 Å². The molecule has 0 bridgehead atoms. The molecule has 11 heavy (non-hydrogen) atoms. The minimum atomic E-state index is 0.721. The quantitative estimate of drug-likeness (QED) is 0.563. The Bertz CT molecular complexity index is 107. The molecule has 1 N–H and O–H groups in total. The maximum Gasteiger partial charge on any atom is 0.185 e. The summed E-state index contributed by atoms with van der Waals surface area (Å²) in [6.45, 7) is 6.94. The summed E-state index contributed by atoms with van der Waals surface area (Å²) in [6.07, 6.45) is 2.50. The van der Waals surface area contributed by atoms with Crippen molar-refractivity contribution in [2.75, 3.05) is 13.1 Å². The largest absolute Gasteiger partial charge is 0.346 e. The molecule has 0 saturated carbocycles. The molecule has 1 saturated heterocycles. The van der Waals surface area contributed by atoms with E-state index in [2.05, 4.69) is 32.0 Å². The molecule has 2 nitrogen and oxygen atoms in total. The summed E-state index contributed by atoms with van der Waals surface area (Å²) in [4.78, 5) is 2.43. The average molecular weight is 154 g/mol. The van der Waals surface area contributed by atoms with Crippen LogP contribution in [-0.4, -0.2) is 38.0 Å². The van der Waals surface area contributed by atoms with E-state index in [4.69, 9.17) is 0 Å². The summed E-state index contributed by atoms with van der Waals surface area (Å²) >= 11 is 0. The Morgan fingerprint density at radius 3 is 2.09 bits per heavy atom. The lowest BCUT2D eigenvalue weighted by Crippen LogP contribution is -2.55. The number of rotatable bonds is 2. The van der Waals surface area contributed by atoms with E-state index >= 15 is 0 Å². The zero-order chi connectivity index (χ0) is 8.27. The smallest absolute Gasteiger partial charge is 0.185 e. The fourth-order valence-corrected chi connectivity index (χ4v) is 1.76. The Morgan fingerprint density at radius 1 is 1.27 bits per heavy atom. The van der Waals surface area contributed by atoms with E-state index in [1.807, 2.05) is 0 Å². The molecule has 0 aliphatic carbocycles. The molecule has 3 heteroatoms. The third-order valence-corrected chi connectivity index (χ3v) is 2.52. The first-order valence-corrected chi connectivity index (χ1v) is 4.70. The molecular formula is C8H19BN2. The van der Waals surface area contributed by atoms with Crippen molar-refractivity contribution >= 4 is 7.98 Å². The first-order valence-electron chi connectivity index (χ1n) is 4.70. The first-order chi connectivity index (χ1) is 5.26. The molecule has 0 unspecified atom stereocenters. The lowest BCUT2D eigenvalue weighted by Gasteiger charge is -2.36. The van der Waals surface area contributed by atoms with E-state index in [0.29, 0.717) is 0 Å². The monoisotopic (exact) mass is 154 g/mol. The van der Waals surface area contributed by atoms with E-state index in [1.165, 1.54) is 25.9 Å². The molecule has 0 radical (unpaired) electrons. The molecule has 1 rings (SSSR count). The molecule has 1 aliphatic rings. The van der Waals surface area contributed by atoms with Crippen molar-refractivity contribution in [2.24, 2.45) is 0 Å². The Labute approximate surface area is 70.8 Å². The van der Waals surface area contributed by atoms with Gasteiger partial charge >= 0.3 is 0 Å². The molecule has 0 amide bonds. The molecule has 1 heterocycles. The third kappa shape index (κ3) is 2.49. The molecule has 1 aliphatic heterocycles. The summed E-state index contributed by atoms with van der Waals surface area (Å²) in [5.41, 5.74) is 0. The molecular weight excluding hydrogens is 135 g/mol. The second-order valence-electron chi connectivity index (χ2n) is 3.60. The number of nitrogens with one attached hydrogen (secondary N) is 1. The van der Waals surface area contributed by atoms with Gasteiger partial charge in [-0.2, -0.15) is 0 Å². The van der Waals surface area contributed by atoms with Crippen molar-refractivity contribution in [3.8, 4) is 0 Å². The van der Waals surface area contributed by atoms with Crippen molar-refractivity contribution in [1.29, 1.82) is 0 Å². The predicted molar refractivity (Wildman–Crippen MR) is 51.4 cm³/mol. The molecule has 0 aromatic carbocycles. The molecule has 2 atom stereocenters. The van der Waals surface area contributed by atoms with E-state index in [1.54, 1.807) is 0 Å². The number of hydrogen-bond donors (Lipinski definition) is 1. The highest BCUT2D eigenvalue weighted by atomic mass is 15.2. The fraction of sp³-hybridized carbons (Fsp3) is 1.00. The maximum atomic E-state index is 3.64. The first kappa shape index (κ1) is 9.08.